The first-order valence-electron chi connectivity index (χ1n) is 6.44. The number of nitrogens with zero attached hydrogens (tertiary/aromatic N) is 3. The van der Waals surface area contributed by atoms with Gasteiger partial charge in [0.2, 0.25) is 0 Å². The number of pyridine rings is 1. The molecule has 0 saturated heterocycles. The highest BCUT2D eigenvalue weighted by molar-refractivity contribution is 5.62. The molecule has 3 aromatic rings. The van der Waals surface area contributed by atoms with Gasteiger partial charge in [-0.25, -0.2) is 4.98 Å². The Kier molecular flexibility index (Phi) is 3.10. The second kappa shape index (κ2) is 5.06. The van der Waals surface area contributed by atoms with E-state index in [1.54, 1.807) is 0 Å². The second-order valence-electron chi connectivity index (χ2n) is 4.57. The van der Waals surface area contributed by atoms with Crippen LogP contribution in [-0.2, 0) is 6.42 Å². The number of hydrogen-bond donors (Lipinski definition) is 1. The first-order valence-corrected chi connectivity index (χ1v) is 6.44. The minimum atomic E-state index is 0.471. The predicted octanol–water partition coefficient (Wildman–Crippen LogP) is 2.84. The number of rotatable bonds is 3. The molecule has 0 amide bonds. The van der Waals surface area contributed by atoms with Crippen molar-refractivity contribution in [3.63, 3.8) is 0 Å². The molecule has 98 valence electrons. The highest BCUT2D eigenvalue weighted by Gasteiger charge is 2.11. The Morgan fingerprint density at radius 2 is 2.00 bits per heavy atom. The fourth-order valence-corrected chi connectivity index (χ4v) is 2.28. The van der Waals surface area contributed by atoms with Crippen molar-refractivity contribution in [1.82, 2.24) is 9.38 Å². The van der Waals surface area contributed by atoms with E-state index in [-0.39, 0.29) is 0 Å². The molecule has 0 atom stereocenters. The lowest BCUT2D eigenvalue weighted by atomic mass is 10.1. The molecular formula is C16H14N4. The van der Waals surface area contributed by atoms with Gasteiger partial charge in [0, 0.05) is 19.7 Å². The lowest BCUT2D eigenvalue weighted by Gasteiger charge is -2.04. The minimum absolute atomic E-state index is 0.471. The SMILES string of the molecule is CNc1ccc2c(C#N)nc(Cc3ccccc3)n2c1. The monoisotopic (exact) mass is 262 g/mol. The first kappa shape index (κ1) is 12.2. The van der Waals surface area contributed by atoms with E-state index in [1.807, 2.05) is 48.0 Å². The molecule has 0 fully saturated rings. The molecule has 3 rings (SSSR count). The number of fused-ring (bicyclic) bond motifs is 1. The molecule has 0 spiro atoms. The third-order valence-electron chi connectivity index (χ3n) is 3.31. The van der Waals surface area contributed by atoms with Crippen LogP contribution >= 0.6 is 0 Å². The van der Waals surface area contributed by atoms with Crippen molar-refractivity contribution in [3.05, 3.63) is 65.7 Å². The van der Waals surface area contributed by atoms with Gasteiger partial charge in [-0.15, -0.1) is 0 Å². The van der Waals surface area contributed by atoms with Gasteiger partial charge in [-0.1, -0.05) is 30.3 Å². The average Bonchev–Trinajstić information content (AvgIpc) is 2.85. The third-order valence-corrected chi connectivity index (χ3v) is 3.31. The number of benzene rings is 1. The molecule has 0 saturated carbocycles. The number of hydrogen-bond acceptors (Lipinski definition) is 3. The van der Waals surface area contributed by atoms with Gasteiger partial charge in [0.05, 0.1) is 11.2 Å². The molecule has 0 bridgehead atoms. The van der Waals surface area contributed by atoms with Crippen LogP contribution in [0, 0.1) is 11.3 Å². The summed E-state index contributed by atoms with van der Waals surface area (Å²) in [7, 11) is 1.88. The van der Waals surface area contributed by atoms with Crippen LogP contribution in [0.4, 0.5) is 5.69 Å². The van der Waals surface area contributed by atoms with E-state index in [2.05, 4.69) is 28.5 Å². The van der Waals surface area contributed by atoms with Crippen LogP contribution in [0.1, 0.15) is 17.1 Å². The van der Waals surface area contributed by atoms with Gasteiger partial charge in [0.25, 0.3) is 0 Å². The van der Waals surface area contributed by atoms with Crippen LogP contribution in [0.3, 0.4) is 0 Å². The average molecular weight is 262 g/mol. The predicted molar refractivity (Wildman–Crippen MR) is 78.7 cm³/mol. The summed E-state index contributed by atoms with van der Waals surface area (Å²) in [6.45, 7) is 0. The van der Waals surface area contributed by atoms with Crippen molar-refractivity contribution in [2.24, 2.45) is 0 Å². The Bertz CT molecular complexity index is 781. The van der Waals surface area contributed by atoms with E-state index in [1.165, 1.54) is 5.56 Å². The van der Waals surface area contributed by atoms with Gasteiger partial charge < -0.3 is 5.32 Å². The van der Waals surface area contributed by atoms with Crippen LogP contribution in [0.2, 0.25) is 0 Å². The van der Waals surface area contributed by atoms with Crippen molar-refractivity contribution < 1.29 is 0 Å². The quantitative estimate of drug-likeness (QED) is 0.789. The zero-order chi connectivity index (χ0) is 13.9. The summed E-state index contributed by atoms with van der Waals surface area (Å²) in [4.78, 5) is 4.45. The minimum Gasteiger partial charge on any atom is -0.387 e. The first-order chi connectivity index (χ1) is 9.81. The van der Waals surface area contributed by atoms with Gasteiger partial charge in [-0.3, -0.25) is 4.40 Å². The summed E-state index contributed by atoms with van der Waals surface area (Å²) in [6.07, 6.45) is 2.68. The van der Waals surface area contributed by atoms with Gasteiger partial charge >= 0.3 is 0 Å². The standard InChI is InChI=1S/C16H14N4/c1-18-13-7-8-15-14(10-17)19-16(20(15)11-13)9-12-5-3-2-4-6-12/h2-8,11,18H,9H2,1H3. The summed E-state index contributed by atoms with van der Waals surface area (Å²) in [5, 5.41) is 12.3. The summed E-state index contributed by atoms with van der Waals surface area (Å²) in [6, 6.07) is 16.2. The van der Waals surface area contributed by atoms with Crippen LogP contribution in [0.5, 0.6) is 0 Å². The maximum atomic E-state index is 9.20. The molecular weight excluding hydrogens is 248 g/mol. The smallest absolute Gasteiger partial charge is 0.166 e. The molecule has 0 aliphatic carbocycles. The van der Waals surface area contributed by atoms with Crippen molar-refractivity contribution in [2.45, 2.75) is 6.42 Å². The van der Waals surface area contributed by atoms with E-state index in [0.29, 0.717) is 12.1 Å². The Labute approximate surface area is 117 Å². The Morgan fingerprint density at radius 3 is 2.70 bits per heavy atom. The van der Waals surface area contributed by atoms with Crippen molar-refractivity contribution in [1.29, 1.82) is 5.26 Å². The normalized spacial score (nSPS) is 10.4. The number of nitrogens with one attached hydrogen (secondary N) is 1. The fourth-order valence-electron chi connectivity index (χ4n) is 2.28. The van der Waals surface area contributed by atoms with E-state index < -0.39 is 0 Å². The number of imidazole rings is 1. The Morgan fingerprint density at radius 1 is 1.20 bits per heavy atom. The second-order valence-corrected chi connectivity index (χ2v) is 4.57. The molecule has 1 N–H and O–H groups in total. The lowest BCUT2D eigenvalue weighted by molar-refractivity contribution is 0.960. The van der Waals surface area contributed by atoms with Crippen LogP contribution < -0.4 is 5.32 Å². The summed E-state index contributed by atoms with van der Waals surface area (Å²) >= 11 is 0. The van der Waals surface area contributed by atoms with Gasteiger partial charge in [0.15, 0.2) is 5.69 Å². The number of nitriles is 1. The lowest BCUT2D eigenvalue weighted by Crippen LogP contribution is -1.98. The molecule has 0 aliphatic rings. The molecule has 4 heteroatoms. The zero-order valence-electron chi connectivity index (χ0n) is 11.2. The van der Waals surface area contributed by atoms with Crippen molar-refractivity contribution in [2.75, 3.05) is 12.4 Å². The van der Waals surface area contributed by atoms with Crippen LogP contribution in [0.25, 0.3) is 5.52 Å². The zero-order valence-corrected chi connectivity index (χ0v) is 11.2. The number of aromatic nitrogens is 2. The summed E-state index contributed by atoms with van der Waals surface area (Å²) in [5.74, 6) is 0.875. The van der Waals surface area contributed by atoms with E-state index in [9.17, 15) is 5.26 Å². The largest absolute Gasteiger partial charge is 0.387 e. The maximum Gasteiger partial charge on any atom is 0.166 e. The van der Waals surface area contributed by atoms with E-state index in [4.69, 9.17) is 0 Å². The fraction of sp³-hybridized carbons (Fsp3) is 0.125. The highest BCUT2D eigenvalue weighted by Crippen LogP contribution is 2.18. The summed E-state index contributed by atoms with van der Waals surface area (Å²) in [5.41, 5.74) is 3.49. The van der Waals surface area contributed by atoms with E-state index >= 15 is 0 Å². The topological polar surface area (TPSA) is 53.1 Å². The van der Waals surface area contributed by atoms with Crippen LogP contribution in [0.15, 0.2) is 48.7 Å². The van der Waals surface area contributed by atoms with Crippen molar-refractivity contribution >= 4 is 11.2 Å². The van der Waals surface area contributed by atoms with Crippen LogP contribution in [-0.4, -0.2) is 16.4 Å². The van der Waals surface area contributed by atoms with Gasteiger partial charge in [-0.2, -0.15) is 5.26 Å². The maximum absolute atomic E-state index is 9.20. The number of anilines is 1. The molecule has 0 unspecified atom stereocenters. The Balaban J connectivity index is 2.12. The third kappa shape index (κ3) is 2.10. The molecule has 4 nitrogen and oxygen atoms in total. The molecule has 20 heavy (non-hydrogen) atoms. The molecule has 0 radical (unpaired) electrons. The molecule has 1 aromatic carbocycles. The molecule has 2 heterocycles. The molecule has 2 aromatic heterocycles. The Hall–Kier alpha value is -2.80. The highest BCUT2D eigenvalue weighted by atomic mass is 15.0. The van der Waals surface area contributed by atoms with E-state index in [0.717, 1.165) is 17.0 Å². The molecule has 0 aliphatic heterocycles. The van der Waals surface area contributed by atoms with Crippen molar-refractivity contribution in [3.8, 4) is 6.07 Å². The van der Waals surface area contributed by atoms with Gasteiger partial charge in [-0.05, 0) is 17.7 Å². The summed E-state index contributed by atoms with van der Waals surface area (Å²) < 4.78 is 1.98. The van der Waals surface area contributed by atoms with Gasteiger partial charge in [0.1, 0.15) is 11.9 Å².